The first kappa shape index (κ1) is 21.8. The molecule has 0 bridgehead atoms. The monoisotopic (exact) mass is 442 g/mol. The number of amides is 1. The molecule has 0 aliphatic carbocycles. The first-order valence-electron chi connectivity index (χ1n) is 10.2. The van der Waals surface area contributed by atoms with Crippen molar-refractivity contribution in [3.63, 3.8) is 0 Å². The van der Waals surface area contributed by atoms with Gasteiger partial charge < -0.3 is 13.9 Å². The third-order valence-electron chi connectivity index (χ3n) is 5.30. The molecule has 4 aromatic rings. The Morgan fingerprint density at radius 1 is 0.939 bits per heavy atom. The Hall–Kier alpha value is -4.39. The molecule has 7 nitrogen and oxygen atoms in total. The van der Waals surface area contributed by atoms with Crippen LogP contribution in [-0.4, -0.2) is 32.3 Å². The summed E-state index contributed by atoms with van der Waals surface area (Å²) >= 11 is 0. The number of nitrogens with one attached hydrogen (secondary N) is 1. The Bertz CT molecular complexity index is 1370. The first-order valence-corrected chi connectivity index (χ1v) is 10.2. The number of hydrazone groups is 1. The summed E-state index contributed by atoms with van der Waals surface area (Å²) in [4.78, 5) is 24.6. The second-order valence-corrected chi connectivity index (χ2v) is 7.27. The maximum Gasteiger partial charge on any atom is 0.338 e. The van der Waals surface area contributed by atoms with Gasteiger partial charge in [0.25, 0.3) is 5.91 Å². The smallest absolute Gasteiger partial charge is 0.338 e. The number of ether oxygens (including phenoxy) is 2. The summed E-state index contributed by atoms with van der Waals surface area (Å²) < 4.78 is 16.0. The Morgan fingerprint density at radius 3 is 2.42 bits per heavy atom. The molecule has 1 N–H and O–H groups in total. The van der Waals surface area contributed by atoms with E-state index in [1.807, 2.05) is 43.3 Å². The Kier molecular flexibility index (Phi) is 6.22. The van der Waals surface area contributed by atoms with Crippen LogP contribution in [-0.2, 0) is 4.74 Å². The van der Waals surface area contributed by atoms with E-state index < -0.39 is 11.9 Å². The van der Waals surface area contributed by atoms with Crippen molar-refractivity contribution in [2.24, 2.45) is 5.10 Å². The predicted octanol–water partition coefficient (Wildman–Crippen LogP) is 4.97. The molecule has 0 saturated heterocycles. The van der Waals surface area contributed by atoms with Gasteiger partial charge >= 0.3 is 5.97 Å². The van der Waals surface area contributed by atoms with Gasteiger partial charge in [-0.3, -0.25) is 4.79 Å². The average Bonchev–Trinajstić information content (AvgIpc) is 3.31. The van der Waals surface area contributed by atoms with Gasteiger partial charge in [0.05, 0.1) is 31.6 Å². The molecule has 33 heavy (non-hydrogen) atoms. The standard InChI is InChI=1S/C26H22N2O5/c1-16-20(9-6-10-21(16)26(30)32-3)23-12-11-19(33-23)15-27-28-25(29)22-13-17-7-4-5-8-18(17)14-24(22)31-2/h4-15H,1-3H3,(H,28,29)/b27-15-. The van der Waals surface area contributed by atoms with E-state index in [0.29, 0.717) is 28.4 Å². The number of hydrogen-bond acceptors (Lipinski definition) is 6. The van der Waals surface area contributed by atoms with Crippen LogP contribution in [0.4, 0.5) is 0 Å². The van der Waals surface area contributed by atoms with E-state index in [1.54, 1.807) is 30.3 Å². The highest BCUT2D eigenvalue weighted by Gasteiger charge is 2.15. The fourth-order valence-electron chi connectivity index (χ4n) is 3.58. The maximum absolute atomic E-state index is 12.7. The van der Waals surface area contributed by atoms with Crippen molar-refractivity contribution in [1.29, 1.82) is 0 Å². The fourth-order valence-corrected chi connectivity index (χ4v) is 3.58. The van der Waals surface area contributed by atoms with E-state index >= 15 is 0 Å². The molecule has 0 fully saturated rings. The average molecular weight is 442 g/mol. The lowest BCUT2D eigenvalue weighted by atomic mass is 10.0. The number of methoxy groups -OCH3 is 2. The third-order valence-corrected chi connectivity index (χ3v) is 5.30. The van der Waals surface area contributed by atoms with Gasteiger partial charge in [0.2, 0.25) is 0 Å². The third kappa shape index (κ3) is 4.48. The van der Waals surface area contributed by atoms with Crippen LogP contribution in [0.2, 0.25) is 0 Å². The van der Waals surface area contributed by atoms with Gasteiger partial charge in [-0.2, -0.15) is 5.10 Å². The molecule has 7 heteroatoms. The molecule has 1 aromatic heterocycles. The number of fused-ring (bicyclic) bond motifs is 1. The zero-order valence-electron chi connectivity index (χ0n) is 18.4. The van der Waals surface area contributed by atoms with Crippen LogP contribution < -0.4 is 10.2 Å². The number of esters is 1. The molecular formula is C26H22N2O5. The minimum absolute atomic E-state index is 0.378. The summed E-state index contributed by atoms with van der Waals surface area (Å²) in [6, 6.07) is 20.1. The van der Waals surface area contributed by atoms with Crippen molar-refractivity contribution in [3.8, 4) is 17.1 Å². The van der Waals surface area contributed by atoms with Crippen LogP contribution in [0.3, 0.4) is 0 Å². The molecule has 0 unspecified atom stereocenters. The van der Waals surface area contributed by atoms with Gasteiger partial charge in [0.15, 0.2) is 0 Å². The first-order chi connectivity index (χ1) is 16.0. The van der Waals surface area contributed by atoms with Gasteiger partial charge in [-0.05, 0) is 53.6 Å². The number of carbonyl (C=O) groups is 2. The number of hydrogen-bond donors (Lipinski definition) is 1. The second-order valence-electron chi connectivity index (χ2n) is 7.27. The van der Waals surface area contributed by atoms with Gasteiger partial charge in [-0.25, -0.2) is 10.2 Å². The van der Waals surface area contributed by atoms with Crippen LogP contribution in [0.15, 0.2) is 76.2 Å². The number of benzene rings is 3. The summed E-state index contributed by atoms with van der Waals surface area (Å²) in [6.45, 7) is 1.83. The Labute approximate surface area is 190 Å². The predicted molar refractivity (Wildman–Crippen MR) is 126 cm³/mol. The van der Waals surface area contributed by atoms with Crippen LogP contribution >= 0.6 is 0 Å². The quantitative estimate of drug-likeness (QED) is 0.259. The SMILES string of the molecule is COC(=O)c1cccc(-c2ccc(/C=N\NC(=O)c3cc4ccccc4cc3OC)o2)c1C. The molecule has 0 radical (unpaired) electrons. The zero-order valence-corrected chi connectivity index (χ0v) is 18.4. The summed E-state index contributed by atoms with van der Waals surface area (Å²) in [7, 11) is 2.86. The van der Waals surface area contributed by atoms with Crippen LogP contribution in [0, 0.1) is 6.92 Å². The number of furan rings is 1. The normalized spacial score (nSPS) is 11.0. The molecule has 0 aliphatic heterocycles. The van der Waals surface area contributed by atoms with Crippen LogP contribution in [0.25, 0.3) is 22.1 Å². The number of carbonyl (C=O) groups excluding carboxylic acids is 2. The van der Waals surface area contributed by atoms with E-state index in [9.17, 15) is 9.59 Å². The topological polar surface area (TPSA) is 90.1 Å². The molecule has 3 aromatic carbocycles. The zero-order chi connectivity index (χ0) is 23.4. The molecular weight excluding hydrogens is 420 g/mol. The molecule has 4 rings (SSSR count). The maximum atomic E-state index is 12.7. The number of rotatable bonds is 6. The highest BCUT2D eigenvalue weighted by molar-refractivity contribution is 6.02. The second kappa shape index (κ2) is 9.40. The largest absolute Gasteiger partial charge is 0.496 e. The summed E-state index contributed by atoms with van der Waals surface area (Å²) in [6.07, 6.45) is 1.41. The van der Waals surface area contributed by atoms with E-state index in [1.165, 1.54) is 20.4 Å². The van der Waals surface area contributed by atoms with Crippen molar-refractivity contribution >= 4 is 28.9 Å². The highest BCUT2D eigenvalue weighted by Crippen LogP contribution is 2.28. The fraction of sp³-hybridized carbons (Fsp3) is 0.115. The van der Waals surface area contributed by atoms with Gasteiger partial charge in [0.1, 0.15) is 17.3 Å². The molecule has 0 atom stereocenters. The van der Waals surface area contributed by atoms with Crippen molar-refractivity contribution in [1.82, 2.24) is 5.43 Å². The van der Waals surface area contributed by atoms with Gasteiger partial charge in [0, 0.05) is 5.56 Å². The molecule has 1 amide bonds. The van der Waals surface area contributed by atoms with E-state index in [-0.39, 0.29) is 0 Å². The molecule has 166 valence electrons. The summed E-state index contributed by atoms with van der Waals surface area (Å²) in [5.74, 6) is 0.667. The summed E-state index contributed by atoms with van der Waals surface area (Å²) in [5, 5.41) is 5.91. The highest BCUT2D eigenvalue weighted by atomic mass is 16.5. The lowest BCUT2D eigenvalue weighted by Crippen LogP contribution is -2.18. The number of nitrogens with zero attached hydrogens (tertiary/aromatic N) is 1. The van der Waals surface area contributed by atoms with Crippen LogP contribution in [0.1, 0.15) is 32.0 Å². The Morgan fingerprint density at radius 2 is 1.70 bits per heavy atom. The van der Waals surface area contributed by atoms with Gasteiger partial charge in [-0.15, -0.1) is 0 Å². The van der Waals surface area contributed by atoms with Crippen molar-refractivity contribution in [2.45, 2.75) is 6.92 Å². The van der Waals surface area contributed by atoms with Gasteiger partial charge in [-0.1, -0.05) is 36.4 Å². The van der Waals surface area contributed by atoms with Crippen molar-refractivity contribution < 1.29 is 23.5 Å². The minimum Gasteiger partial charge on any atom is -0.496 e. The molecule has 0 aliphatic rings. The molecule has 1 heterocycles. The lowest BCUT2D eigenvalue weighted by Gasteiger charge is -2.09. The van der Waals surface area contributed by atoms with Crippen molar-refractivity contribution in [3.05, 3.63) is 89.2 Å². The van der Waals surface area contributed by atoms with E-state index in [2.05, 4.69) is 10.5 Å². The van der Waals surface area contributed by atoms with Crippen molar-refractivity contribution in [2.75, 3.05) is 14.2 Å². The van der Waals surface area contributed by atoms with E-state index in [0.717, 1.165) is 21.9 Å². The molecule has 0 spiro atoms. The Balaban J connectivity index is 1.51. The van der Waals surface area contributed by atoms with E-state index in [4.69, 9.17) is 13.9 Å². The minimum atomic E-state index is -0.408. The lowest BCUT2D eigenvalue weighted by molar-refractivity contribution is 0.0599. The molecule has 0 saturated carbocycles. The summed E-state index contributed by atoms with van der Waals surface area (Å²) in [5.41, 5.74) is 4.87. The van der Waals surface area contributed by atoms with Crippen LogP contribution in [0.5, 0.6) is 5.75 Å².